The molecule has 0 aliphatic carbocycles. The van der Waals surface area contributed by atoms with E-state index in [0.717, 1.165) is 22.9 Å². The van der Waals surface area contributed by atoms with Gasteiger partial charge in [-0.3, -0.25) is 14.5 Å². The first-order chi connectivity index (χ1) is 8.61. The standard InChI is InChI=1S/C13H14N2O2S/c1-9-2-4-10(5-3-9)8-11-12(16)15(7-6-14)13(17)18-11/h2-5,8H,6-7,14H2,1H3/p+1/b11-8+. The second-order valence-corrected chi connectivity index (χ2v) is 5.09. The molecule has 4 nitrogen and oxygen atoms in total. The number of quaternary nitrogens is 1. The number of amides is 2. The van der Waals surface area contributed by atoms with E-state index < -0.39 is 0 Å². The Morgan fingerprint density at radius 2 is 1.94 bits per heavy atom. The fourth-order valence-corrected chi connectivity index (χ4v) is 2.53. The summed E-state index contributed by atoms with van der Waals surface area (Å²) < 4.78 is 0. The first kappa shape index (κ1) is 12.9. The number of thioether (sulfide) groups is 1. The van der Waals surface area contributed by atoms with Crippen LogP contribution in [0.2, 0.25) is 0 Å². The van der Waals surface area contributed by atoms with E-state index in [4.69, 9.17) is 0 Å². The van der Waals surface area contributed by atoms with Gasteiger partial charge in [0.15, 0.2) is 0 Å². The summed E-state index contributed by atoms with van der Waals surface area (Å²) in [6.07, 6.45) is 1.76. The maximum Gasteiger partial charge on any atom is 0.293 e. The third kappa shape index (κ3) is 2.63. The van der Waals surface area contributed by atoms with Gasteiger partial charge in [-0.15, -0.1) is 0 Å². The van der Waals surface area contributed by atoms with Gasteiger partial charge < -0.3 is 5.73 Å². The van der Waals surface area contributed by atoms with Gasteiger partial charge >= 0.3 is 0 Å². The van der Waals surface area contributed by atoms with Crippen LogP contribution in [0, 0.1) is 6.92 Å². The lowest BCUT2D eigenvalue weighted by atomic mass is 10.1. The maximum absolute atomic E-state index is 12.0. The summed E-state index contributed by atoms with van der Waals surface area (Å²) in [6, 6.07) is 7.83. The lowest BCUT2D eigenvalue weighted by molar-refractivity contribution is -0.367. The molecular weight excluding hydrogens is 248 g/mol. The van der Waals surface area contributed by atoms with E-state index in [-0.39, 0.29) is 11.1 Å². The molecule has 94 valence electrons. The van der Waals surface area contributed by atoms with Crippen molar-refractivity contribution in [2.24, 2.45) is 0 Å². The third-order valence-electron chi connectivity index (χ3n) is 2.63. The Labute approximate surface area is 110 Å². The number of hydrogen-bond acceptors (Lipinski definition) is 3. The summed E-state index contributed by atoms with van der Waals surface area (Å²) in [6.45, 7) is 2.93. The lowest BCUT2D eigenvalue weighted by Crippen LogP contribution is -2.55. The van der Waals surface area contributed by atoms with E-state index in [1.54, 1.807) is 6.08 Å². The minimum absolute atomic E-state index is 0.206. The van der Waals surface area contributed by atoms with E-state index >= 15 is 0 Å². The fourth-order valence-electron chi connectivity index (χ4n) is 1.66. The molecule has 1 aromatic carbocycles. The van der Waals surface area contributed by atoms with Crippen molar-refractivity contribution >= 4 is 29.0 Å². The zero-order chi connectivity index (χ0) is 13.1. The molecule has 18 heavy (non-hydrogen) atoms. The summed E-state index contributed by atoms with van der Waals surface area (Å²) in [5, 5.41) is -0.206. The van der Waals surface area contributed by atoms with E-state index in [1.807, 2.05) is 31.2 Å². The largest absolute Gasteiger partial charge is 0.356 e. The van der Waals surface area contributed by atoms with Crippen LogP contribution in [-0.2, 0) is 4.79 Å². The van der Waals surface area contributed by atoms with Crippen molar-refractivity contribution in [1.29, 1.82) is 0 Å². The molecule has 0 saturated carbocycles. The average Bonchev–Trinajstić information content (AvgIpc) is 2.60. The predicted molar refractivity (Wildman–Crippen MR) is 71.6 cm³/mol. The molecule has 0 atom stereocenters. The molecule has 1 aliphatic rings. The second kappa shape index (κ2) is 5.37. The van der Waals surface area contributed by atoms with E-state index in [0.29, 0.717) is 18.0 Å². The molecule has 3 N–H and O–H groups in total. The van der Waals surface area contributed by atoms with Crippen LogP contribution in [0.15, 0.2) is 29.2 Å². The topological polar surface area (TPSA) is 65.0 Å². The van der Waals surface area contributed by atoms with Crippen LogP contribution in [0.25, 0.3) is 6.08 Å². The second-order valence-electron chi connectivity index (χ2n) is 4.10. The normalized spacial score (nSPS) is 17.9. The summed E-state index contributed by atoms with van der Waals surface area (Å²) in [5.74, 6) is -0.214. The fraction of sp³-hybridized carbons (Fsp3) is 0.231. The smallest absolute Gasteiger partial charge is 0.293 e. The van der Waals surface area contributed by atoms with Crippen molar-refractivity contribution < 1.29 is 15.3 Å². The van der Waals surface area contributed by atoms with Crippen LogP contribution in [0.5, 0.6) is 0 Å². The summed E-state index contributed by atoms with van der Waals surface area (Å²) in [7, 11) is 0. The zero-order valence-electron chi connectivity index (χ0n) is 10.2. The number of carbonyl (C=O) groups excluding carboxylic acids is 2. The summed E-state index contributed by atoms with van der Waals surface area (Å²) >= 11 is 0.992. The van der Waals surface area contributed by atoms with Crippen molar-refractivity contribution in [3.63, 3.8) is 0 Å². The first-order valence-electron chi connectivity index (χ1n) is 5.73. The first-order valence-corrected chi connectivity index (χ1v) is 6.55. The molecule has 1 aromatic rings. The van der Waals surface area contributed by atoms with Gasteiger partial charge in [0.25, 0.3) is 11.1 Å². The van der Waals surface area contributed by atoms with Crippen molar-refractivity contribution in [1.82, 2.24) is 4.90 Å². The lowest BCUT2D eigenvalue weighted by Gasteiger charge is -2.08. The molecular formula is C13H15N2O2S+. The van der Waals surface area contributed by atoms with Crippen LogP contribution in [-0.4, -0.2) is 29.1 Å². The van der Waals surface area contributed by atoms with Crippen LogP contribution in [0.1, 0.15) is 11.1 Å². The number of imide groups is 1. The van der Waals surface area contributed by atoms with Gasteiger partial charge in [-0.05, 0) is 30.3 Å². The highest BCUT2D eigenvalue weighted by atomic mass is 32.2. The van der Waals surface area contributed by atoms with Crippen molar-refractivity contribution in [2.45, 2.75) is 6.92 Å². The van der Waals surface area contributed by atoms with Gasteiger partial charge in [0.05, 0.1) is 18.0 Å². The molecule has 1 aliphatic heterocycles. The van der Waals surface area contributed by atoms with Gasteiger partial charge in [0.1, 0.15) is 0 Å². The monoisotopic (exact) mass is 263 g/mol. The van der Waals surface area contributed by atoms with Crippen LogP contribution >= 0.6 is 11.8 Å². The molecule has 2 amide bonds. The minimum Gasteiger partial charge on any atom is -0.356 e. The van der Waals surface area contributed by atoms with E-state index in [2.05, 4.69) is 5.73 Å². The molecule has 0 bridgehead atoms. The molecule has 1 saturated heterocycles. The van der Waals surface area contributed by atoms with Gasteiger partial charge in [0.2, 0.25) is 0 Å². The van der Waals surface area contributed by atoms with E-state index in [9.17, 15) is 9.59 Å². The predicted octanol–water partition coefficient (Wildman–Crippen LogP) is 1.27. The Balaban J connectivity index is 2.22. The molecule has 5 heteroatoms. The minimum atomic E-state index is -0.214. The molecule has 0 aromatic heterocycles. The van der Waals surface area contributed by atoms with Gasteiger partial charge in [-0.2, -0.15) is 0 Å². The molecule has 1 fully saturated rings. The quantitative estimate of drug-likeness (QED) is 0.835. The Bertz CT molecular complexity index is 508. The number of rotatable bonds is 3. The molecule has 2 rings (SSSR count). The number of hydrogen-bond donors (Lipinski definition) is 1. The van der Waals surface area contributed by atoms with Crippen molar-refractivity contribution in [3.05, 3.63) is 40.3 Å². The van der Waals surface area contributed by atoms with Crippen molar-refractivity contribution in [2.75, 3.05) is 13.1 Å². The third-order valence-corrected chi connectivity index (χ3v) is 3.54. The number of aryl methyl sites for hydroxylation is 1. The highest BCUT2D eigenvalue weighted by Gasteiger charge is 2.34. The van der Waals surface area contributed by atoms with Gasteiger partial charge in [-0.25, -0.2) is 0 Å². The molecule has 0 radical (unpaired) electrons. The van der Waals surface area contributed by atoms with Crippen molar-refractivity contribution in [3.8, 4) is 0 Å². The summed E-state index contributed by atoms with van der Waals surface area (Å²) in [5.41, 5.74) is 5.76. The Morgan fingerprint density at radius 3 is 2.56 bits per heavy atom. The van der Waals surface area contributed by atoms with Crippen LogP contribution in [0.3, 0.4) is 0 Å². The number of carbonyl (C=O) groups is 2. The van der Waals surface area contributed by atoms with Crippen LogP contribution in [0.4, 0.5) is 4.79 Å². The molecule has 1 heterocycles. The van der Waals surface area contributed by atoms with Crippen LogP contribution < -0.4 is 5.73 Å². The van der Waals surface area contributed by atoms with Gasteiger partial charge in [0, 0.05) is 0 Å². The Morgan fingerprint density at radius 1 is 1.28 bits per heavy atom. The highest BCUT2D eigenvalue weighted by molar-refractivity contribution is 8.18. The summed E-state index contributed by atoms with van der Waals surface area (Å²) in [4.78, 5) is 25.3. The maximum atomic E-state index is 12.0. The molecule has 0 unspecified atom stereocenters. The van der Waals surface area contributed by atoms with Gasteiger partial charge in [-0.1, -0.05) is 29.8 Å². The SMILES string of the molecule is Cc1ccc(/C=C2/SC(=O)N(CC[NH3+])C2=O)cc1. The Kier molecular flexibility index (Phi) is 3.84. The molecule has 0 spiro atoms. The average molecular weight is 263 g/mol. The zero-order valence-corrected chi connectivity index (χ0v) is 11.0. The number of benzene rings is 1. The number of nitrogens with zero attached hydrogens (tertiary/aromatic N) is 1. The van der Waals surface area contributed by atoms with E-state index in [1.165, 1.54) is 4.90 Å². The highest BCUT2D eigenvalue weighted by Crippen LogP contribution is 2.31. The Hall–Kier alpha value is -1.59.